The molecule has 0 aliphatic heterocycles. The van der Waals surface area contributed by atoms with Crippen molar-refractivity contribution in [2.75, 3.05) is 34.5 Å². The fourth-order valence-electron chi connectivity index (χ4n) is 2.99. The fourth-order valence-corrected chi connectivity index (χ4v) is 4.17. The number of rotatable bonds is 7. The van der Waals surface area contributed by atoms with E-state index in [0.717, 1.165) is 12.8 Å². The molecule has 0 amide bonds. The Labute approximate surface area is 121 Å². The Bertz CT molecular complexity index is 483. The van der Waals surface area contributed by atoms with Gasteiger partial charge in [0.2, 0.25) is 0 Å². The third kappa shape index (κ3) is 2.99. The van der Waals surface area contributed by atoms with E-state index in [-0.39, 0.29) is 5.54 Å². The van der Waals surface area contributed by atoms with E-state index in [1.807, 2.05) is 6.07 Å². The van der Waals surface area contributed by atoms with Crippen molar-refractivity contribution in [1.82, 2.24) is 4.90 Å². The average molecular weight is 297 g/mol. The standard InChI is InChI=1S/C15H24NO3P/c1-16(2)15(10-11-20(17,18-3)19-4)12-14(15)13-8-6-5-7-9-13/h5-9,14H,10-12H2,1-4H3/t14-,15-/m0/s1. The zero-order chi connectivity index (χ0) is 14.8. The molecule has 0 bridgehead atoms. The summed E-state index contributed by atoms with van der Waals surface area (Å²) in [7, 11) is 4.16. The van der Waals surface area contributed by atoms with Gasteiger partial charge in [-0.05, 0) is 32.5 Å². The zero-order valence-corrected chi connectivity index (χ0v) is 13.6. The van der Waals surface area contributed by atoms with E-state index in [0.29, 0.717) is 12.1 Å². The first-order valence-electron chi connectivity index (χ1n) is 6.90. The van der Waals surface area contributed by atoms with E-state index < -0.39 is 7.60 Å². The Morgan fingerprint density at radius 2 is 1.85 bits per heavy atom. The summed E-state index contributed by atoms with van der Waals surface area (Å²) in [5.74, 6) is 0.501. The molecule has 2 atom stereocenters. The van der Waals surface area contributed by atoms with Crippen LogP contribution in [0.3, 0.4) is 0 Å². The highest BCUT2D eigenvalue weighted by molar-refractivity contribution is 7.53. The van der Waals surface area contributed by atoms with Gasteiger partial charge in [-0.2, -0.15) is 0 Å². The molecule has 20 heavy (non-hydrogen) atoms. The molecule has 0 heterocycles. The van der Waals surface area contributed by atoms with Gasteiger partial charge in [0.15, 0.2) is 0 Å². The number of likely N-dealkylation sites (N-methyl/N-ethyl adjacent to an activating group) is 1. The van der Waals surface area contributed by atoms with Crippen LogP contribution >= 0.6 is 7.60 Å². The van der Waals surface area contributed by atoms with Gasteiger partial charge in [-0.1, -0.05) is 30.3 Å². The molecular weight excluding hydrogens is 273 g/mol. The van der Waals surface area contributed by atoms with Gasteiger partial charge in [0.1, 0.15) is 0 Å². The quantitative estimate of drug-likeness (QED) is 0.723. The van der Waals surface area contributed by atoms with Crippen molar-refractivity contribution in [3.8, 4) is 0 Å². The topological polar surface area (TPSA) is 38.8 Å². The van der Waals surface area contributed by atoms with Crippen LogP contribution in [0.1, 0.15) is 24.3 Å². The lowest BCUT2D eigenvalue weighted by atomic mass is 10.0. The van der Waals surface area contributed by atoms with Crippen molar-refractivity contribution in [3.05, 3.63) is 35.9 Å². The lowest BCUT2D eigenvalue weighted by Gasteiger charge is -2.27. The van der Waals surface area contributed by atoms with Crippen LogP contribution in [-0.2, 0) is 13.6 Å². The van der Waals surface area contributed by atoms with E-state index >= 15 is 0 Å². The van der Waals surface area contributed by atoms with Gasteiger partial charge in [0.05, 0.1) is 6.16 Å². The van der Waals surface area contributed by atoms with Crippen molar-refractivity contribution < 1.29 is 13.6 Å². The second-order valence-corrected chi connectivity index (χ2v) is 8.01. The fraction of sp³-hybridized carbons (Fsp3) is 0.600. The molecule has 112 valence electrons. The number of hydrogen-bond acceptors (Lipinski definition) is 4. The van der Waals surface area contributed by atoms with Gasteiger partial charge in [0.25, 0.3) is 0 Å². The van der Waals surface area contributed by atoms with Crippen LogP contribution in [0.2, 0.25) is 0 Å². The molecule has 5 heteroatoms. The first-order chi connectivity index (χ1) is 9.47. The Balaban J connectivity index is 2.09. The van der Waals surface area contributed by atoms with Crippen LogP contribution in [0.15, 0.2) is 30.3 Å². The molecule has 0 unspecified atom stereocenters. The van der Waals surface area contributed by atoms with Gasteiger partial charge in [0, 0.05) is 25.7 Å². The Morgan fingerprint density at radius 1 is 1.25 bits per heavy atom. The second-order valence-electron chi connectivity index (χ2n) is 5.62. The molecular formula is C15H24NO3P. The molecule has 1 aromatic carbocycles. The lowest BCUT2D eigenvalue weighted by molar-refractivity contribution is 0.239. The number of benzene rings is 1. The SMILES string of the molecule is COP(=O)(CC[C@]1(N(C)C)C[C@H]1c1ccccc1)OC. The van der Waals surface area contributed by atoms with E-state index in [1.54, 1.807) is 0 Å². The molecule has 0 N–H and O–H groups in total. The van der Waals surface area contributed by atoms with Gasteiger partial charge in [-0.3, -0.25) is 4.57 Å². The van der Waals surface area contributed by atoms with Crippen molar-refractivity contribution in [2.24, 2.45) is 0 Å². The van der Waals surface area contributed by atoms with E-state index in [4.69, 9.17) is 9.05 Å². The third-order valence-corrected chi connectivity index (χ3v) is 6.40. The minimum Gasteiger partial charge on any atom is -0.312 e. The largest absolute Gasteiger partial charge is 0.330 e. The van der Waals surface area contributed by atoms with Gasteiger partial charge < -0.3 is 13.9 Å². The van der Waals surface area contributed by atoms with Crippen LogP contribution in [-0.4, -0.2) is 44.9 Å². The highest BCUT2D eigenvalue weighted by Crippen LogP contribution is 2.59. The monoisotopic (exact) mass is 297 g/mol. The molecule has 1 saturated carbocycles. The maximum Gasteiger partial charge on any atom is 0.330 e. The van der Waals surface area contributed by atoms with Crippen molar-refractivity contribution >= 4 is 7.60 Å². The second kappa shape index (κ2) is 5.98. The van der Waals surface area contributed by atoms with Crippen molar-refractivity contribution in [2.45, 2.75) is 24.3 Å². The summed E-state index contributed by atoms with van der Waals surface area (Å²) in [5.41, 5.74) is 1.43. The molecule has 1 aliphatic carbocycles. The lowest BCUT2D eigenvalue weighted by Crippen LogP contribution is -2.33. The minimum absolute atomic E-state index is 0.0775. The zero-order valence-electron chi connectivity index (χ0n) is 12.7. The summed E-state index contributed by atoms with van der Waals surface area (Å²) in [6.45, 7) is 0. The predicted octanol–water partition coefficient (Wildman–Crippen LogP) is 3.35. The van der Waals surface area contributed by atoms with Gasteiger partial charge in [-0.25, -0.2) is 0 Å². The minimum atomic E-state index is -2.92. The summed E-state index contributed by atoms with van der Waals surface area (Å²) in [4.78, 5) is 2.25. The molecule has 0 aromatic heterocycles. The molecule has 1 fully saturated rings. The normalized spacial score (nSPS) is 25.9. The van der Waals surface area contributed by atoms with Crippen LogP contribution < -0.4 is 0 Å². The molecule has 1 aliphatic rings. The molecule has 4 nitrogen and oxygen atoms in total. The van der Waals surface area contributed by atoms with E-state index in [2.05, 4.69) is 43.3 Å². The van der Waals surface area contributed by atoms with Crippen LogP contribution in [0.5, 0.6) is 0 Å². The summed E-state index contributed by atoms with van der Waals surface area (Å²) < 4.78 is 22.3. The molecule has 0 saturated heterocycles. The van der Waals surface area contributed by atoms with Gasteiger partial charge >= 0.3 is 7.60 Å². The first kappa shape index (κ1) is 15.7. The maximum absolute atomic E-state index is 12.2. The molecule has 0 radical (unpaired) electrons. The van der Waals surface area contributed by atoms with Crippen molar-refractivity contribution in [3.63, 3.8) is 0 Å². The summed E-state index contributed by atoms with van der Waals surface area (Å²) in [5, 5.41) is 0. The summed E-state index contributed by atoms with van der Waals surface area (Å²) in [6, 6.07) is 10.5. The van der Waals surface area contributed by atoms with Crippen LogP contribution in [0, 0.1) is 0 Å². The first-order valence-corrected chi connectivity index (χ1v) is 8.63. The smallest absolute Gasteiger partial charge is 0.312 e. The molecule has 0 spiro atoms. The average Bonchev–Trinajstić information content (AvgIpc) is 3.22. The highest BCUT2D eigenvalue weighted by atomic mass is 31.2. The van der Waals surface area contributed by atoms with Crippen LogP contribution in [0.4, 0.5) is 0 Å². The predicted molar refractivity (Wildman–Crippen MR) is 81.3 cm³/mol. The van der Waals surface area contributed by atoms with Crippen LogP contribution in [0.25, 0.3) is 0 Å². The van der Waals surface area contributed by atoms with E-state index in [9.17, 15) is 4.57 Å². The number of hydrogen-bond donors (Lipinski definition) is 0. The Morgan fingerprint density at radius 3 is 2.35 bits per heavy atom. The van der Waals surface area contributed by atoms with Gasteiger partial charge in [-0.15, -0.1) is 0 Å². The summed E-state index contributed by atoms with van der Waals surface area (Å²) in [6.07, 6.45) is 2.37. The highest BCUT2D eigenvalue weighted by Gasteiger charge is 2.56. The molecule has 1 aromatic rings. The number of nitrogens with zero attached hydrogens (tertiary/aromatic N) is 1. The van der Waals surface area contributed by atoms with Crippen molar-refractivity contribution in [1.29, 1.82) is 0 Å². The maximum atomic E-state index is 12.2. The third-order valence-electron chi connectivity index (χ3n) is 4.51. The summed E-state index contributed by atoms with van der Waals surface area (Å²) >= 11 is 0. The Hall–Kier alpha value is -0.670. The van der Waals surface area contributed by atoms with E-state index in [1.165, 1.54) is 19.8 Å². The Kier molecular flexibility index (Phi) is 4.70. The molecule has 2 rings (SSSR count).